The van der Waals surface area contributed by atoms with Gasteiger partial charge >= 0.3 is 7.87 Å². The van der Waals surface area contributed by atoms with Crippen LogP contribution in [-0.4, -0.2) is 21.1 Å². The first-order chi connectivity index (χ1) is 12.7. The smallest absolute Gasteiger partial charge is 0.383 e. The lowest BCUT2D eigenvalue weighted by molar-refractivity contribution is 0.202. The first kappa shape index (κ1) is 26.4. The zero-order chi connectivity index (χ0) is 19.3. The average Bonchev–Trinajstić information content (AvgIpc) is 2.62. The van der Waals surface area contributed by atoms with Gasteiger partial charge in [0.1, 0.15) is 0 Å². The summed E-state index contributed by atoms with van der Waals surface area (Å²) in [4.78, 5) is 0. The van der Waals surface area contributed by atoms with Crippen molar-refractivity contribution >= 4 is 18.9 Å². The fourth-order valence-electron chi connectivity index (χ4n) is 3.50. The average molecular weight is 407 g/mol. The molecule has 0 bridgehead atoms. The van der Waals surface area contributed by atoms with E-state index in [4.69, 9.17) is 19.9 Å². The second-order valence-electron chi connectivity index (χ2n) is 7.58. The number of halogens is 1. The van der Waals surface area contributed by atoms with Crippen molar-refractivity contribution in [2.75, 3.05) is 13.2 Å². The summed E-state index contributed by atoms with van der Waals surface area (Å²) in [5, 5.41) is 0. The Bertz CT molecular complexity index is 271. The lowest BCUT2D eigenvalue weighted by Crippen LogP contribution is -2.36. The second-order valence-corrected chi connectivity index (χ2v) is 11.7. The third-order valence-corrected chi connectivity index (χ3v) is 8.66. The normalized spacial score (nSPS) is 12.0. The van der Waals surface area contributed by atoms with Gasteiger partial charge in [0.15, 0.2) is 0 Å². The highest BCUT2D eigenvalue weighted by molar-refractivity contribution is 7.12. The third-order valence-electron chi connectivity index (χ3n) is 5.05. The molecule has 0 radical (unpaired) electrons. The summed E-state index contributed by atoms with van der Waals surface area (Å²) >= 11 is 6.50. The Balaban J connectivity index is 3.26. The number of hydrogen-bond donors (Lipinski definition) is 0. The van der Waals surface area contributed by atoms with Gasteiger partial charge in [-0.15, -0.1) is 0 Å². The molecule has 0 unspecified atom stereocenters. The van der Waals surface area contributed by atoms with Gasteiger partial charge in [-0.1, -0.05) is 121 Å². The molecule has 158 valence electrons. The topological polar surface area (TPSA) is 18.5 Å². The van der Waals surface area contributed by atoms with E-state index in [1.54, 1.807) is 0 Å². The first-order valence-corrected chi connectivity index (χ1v) is 14.7. The van der Waals surface area contributed by atoms with Crippen LogP contribution < -0.4 is 0 Å². The summed E-state index contributed by atoms with van der Waals surface area (Å²) < 4.78 is 11.4. The minimum absolute atomic E-state index is 0.661. The highest BCUT2D eigenvalue weighted by Gasteiger charge is 2.34. The molecule has 0 aromatic carbocycles. The summed E-state index contributed by atoms with van der Waals surface area (Å²) in [6, 6.07) is 0.925. The summed E-state index contributed by atoms with van der Waals surface area (Å²) in [6.45, 7) is 7.60. The molecule has 0 fully saturated rings. The molecule has 0 heterocycles. The van der Waals surface area contributed by atoms with E-state index in [2.05, 4.69) is 6.92 Å². The molecule has 0 aromatic heterocycles. The Morgan fingerprint density at radius 1 is 0.500 bits per heavy atom. The maximum atomic E-state index is 6.50. The van der Waals surface area contributed by atoms with Crippen LogP contribution in [-0.2, 0) is 8.85 Å². The number of rotatable bonds is 21. The summed E-state index contributed by atoms with van der Waals surface area (Å²) in [6.07, 6.45) is 22.3. The van der Waals surface area contributed by atoms with Crippen LogP contribution in [0, 0.1) is 0 Å². The number of unbranched alkanes of at least 4 members (excludes halogenated alkanes) is 15. The van der Waals surface area contributed by atoms with Gasteiger partial charge in [-0.25, -0.2) is 0 Å². The molecule has 0 spiro atoms. The predicted molar refractivity (Wildman–Crippen MR) is 119 cm³/mol. The SMILES string of the molecule is CCCCCCCCCCCCCCCCCC[Si](Cl)(OCC)OCC. The van der Waals surface area contributed by atoms with E-state index >= 15 is 0 Å². The molecule has 0 amide bonds. The summed E-state index contributed by atoms with van der Waals surface area (Å²) in [5.41, 5.74) is 0. The van der Waals surface area contributed by atoms with Crippen LogP contribution in [0.15, 0.2) is 0 Å². The van der Waals surface area contributed by atoms with E-state index < -0.39 is 7.87 Å². The molecule has 0 rings (SSSR count). The summed E-state index contributed by atoms with van der Waals surface area (Å²) in [5.74, 6) is 0. The van der Waals surface area contributed by atoms with Gasteiger partial charge in [-0.05, 0) is 13.8 Å². The van der Waals surface area contributed by atoms with E-state index in [-0.39, 0.29) is 0 Å². The zero-order valence-corrected chi connectivity index (χ0v) is 19.9. The van der Waals surface area contributed by atoms with Gasteiger partial charge in [-0.2, -0.15) is 0 Å². The lowest BCUT2D eigenvalue weighted by Gasteiger charge is -2.22. The molecule has 0 saturated carbocycles. The first-order valence-electron chi connectivity index (χ1n) is 11.6. The van der Waals surface area contributed by atoms with Gasteiger partial charge in [-0.3, -0.25) is 0 Å². The molecule has 0 aliphatic heterocycles. The lowest BCUT2D eigenvalue weighted by atomic mass is 10.0. The van der Waals surface area contributed by atoms with Gasteiger partial charge in [0.2, 0.25) is 0 Å². The summed E-state index contributed by atoms with van der Waals surface area (Å²) in [7, 11) is -2.38. The molecule has 0 aromatic rings. The molecule has 0 aliphatic carbocycles. The van der Waals surface area contributed by atoms with Gasteiger partial charge in [0.05, 0.1) is 0 Å². The monoisotopic (exact) mass is 406 g/mol. The Labute approximate surface area is 170 Å². The van der Waals surface area contributed by atoms with Crippen LogP contribution in [0.4, 0.5) is 0 Å². The minimum Gasteiger partial charge on any atom is -0.383 e. The van der Waals surface area contributed by atoms with Crippen LogP contribution in [0.2, 0.25) is 6.04 Å². The predicted octanol–water partition coefficient (Wildman–Crippen LogP) is 8.50. The van der Waals surface area contributed by atoms with Crippen molar-refractivity contribution in [2.24, 2.45) is 0 Å². The Kier molecular flexibility index (Phi) is 20.5. The van der Waals surface area contributed by atoms with Gasteiger partial charge < -0.3 is 8.85 Å². The van der Waals surface area contributed by atoms with Crippen LogP contribution in [0.25, 0.3) is 0 Å². The molecular weight excluding hydrogens is 360 g/mol. The Hall–Kier alpha value is 0.427. The highest BCUT2D eigenvalue weighted by Crippen LogP contribution is 2.23. The quantitative estimate of drug-likeness (QED) is 0.108. The van der Waals surface area contributed by atoms with E-state index in [9.17, 15) is 0 Å². The van der Waals surface area contributed by atoms with E-state index in [1.165, 1.54) is 96.3 Å². The third kappa shape index (κ3) is 17.8. The Morgan fingerprint density at radius 3 is 1.12 bits per heavy atom. The fraction of sp³-hybridized carbons (Fsp3) is 1.00. The molecule has 0 aliphatic rings. The van der Waals surface area contributed by atoms with Crippen LogP contribution in [0.5, 0.6) is 0 Å². The van der Waals surface area contributed by atoms with E-state index in [0.717, 1.165) is 12.5 Å². The highest BCUT2D eigenvalue weighted by atomic mass is 35.6. The molecule has 0 saturated heterocycles. The van der Waals surface area contributed by atoms with Crippen molar-refractivity contribution in [1.82, 2.24) is 0 Å². The van der Waals surface area contributed by atoms with Crippen molar-refractivity contribution in [3.8, 4) is 0 Å². The molecule has 0 N–H and O–H groups in total. The van der Waals surface area contributed by atoms with Gasteiger partial charge in [0.25, 0.3) is 0 Å². The number of hydrogen-bond acceptors (Lipinski definition) is 2. The minimum atomic E-state index is -2.38. The van der Waals surface area contributed by atoms with Crippen molar-refractivity contribution in [1.29, 1.82) is 0 Å². The fourth-order valence-corrected chi connectivity index (χ4v) is 6.46. The largest absolute Gasteiger partial charge is 0.443 e. The van der Waals surface area contributed by atoms with Crippen molar-refractivity contribution in [2.45, 2.75) is 130 Å². The van der Waals surface area contributed by atoms with Gasteiger partial charge in [0, 0.05) is 19.3 Å². The standard InChI is InChI=1S/C22H47ClO2Si/c1-4-7-8-9-10-11-12-13-14-15-16-17-18-19-20-21-22-26(23,24-5-2)25-6-3/h4-22H2,1-3H3. The molecule has 26 heavy (non-hydrogen) atoms. The second kappa shape index (κ2) is 20.2. The van der Waals surface area contributed by atoms with Crippen LogP contribution >= 0.6 is 11.1 Å². The maximum absolute atomic E-state index is 6.50. The Morgan fingerprint density at radius 2 is 0.808 bits per heavy atom. The van der Waals surface area contributed by atoms with Crippen molar-refractivity contribution in [3.05, 3.63) is 0 Å². The van der Waals surface area contributed by atoms with Crippen molar-refractivity contribution < 1.29 is 8.85 Å². The van der Waals surface area contributed by atoms with E-state index in [1.807, 2.05) is 13.8 Å². The van der Waals surface area contributed by atoms with Crippen molar-refractivity contribution in [3.63, 3.8) is 0 Å². The zero-order valence-electron chi connectivity index (χ0n) is 18.1. The van der Waals surface area contributed by atoms with Crippen LogP contribution in [0.3, 0.4) is 0 Å². The maximum Gasteiger partial charge on any atom is 0.443 e. The molecule has 2 nitrogen and oxygen atoms in total. The van der Waals surface area contributed by atoms with Crippen LogP contribution in [0.1, 0.15) is 124 Å². The molecular formula is C22H47ClO2Si. The molecule has 4 heteroatoms. The van der Waals surface area contributed by atoms with E-state index in [0.29, 0.717) is 13.2 Å². The molecule has 0 atom stereocenters.